The molecule has 102 valence electrons. The van der Waals surface area contributed by atoms with Gasteiger partial charge in [0.15, 0.2) is 5.16 Å². The fourth-order valence-corrected chi connectivity index (χ4v) is 2.21. The van der Waals surface area contributed by atoms with E-state index in [-0.39, 0.29) is 11.6 Å². The number of rotatable bonds is 4. The van der Waals surface area contributed by atoms with E-state index in [1.54, 1.807) is 7.05 Å². The van der Waals surface area contributed by atoms with Crippen LogP contribution in [0.3, 0.4) is 0 Å². The molecule has 2 aromatic rings. The maximum atomic E-state index is 11.3. The second-order valence-corrected chi connectivity index (χ2v) is 5.31. The Morgan fingerprint density at radius 1 is 1.42 bits per heavy atom. The van der Waals surface area contributed by atoms with E-state index in [9.17, 15) is 4.79 Å². The average Bonchev–Trinajstić information content (AvgIpc) is 2.70. The first-order chi connectivity index (χ1) is 9.01. The maximum absolute atomic E-state index is 11.3. The molecule has 0 radical (unpaired) electrons. The van der Waals surface area contributed by atoms with E-state index in [4.69, 9.17) is 0 Å². The summed E-state index contributed by atoms with van der Waals surface area (Å²) in [6, 6.07) is 1.83. The van der Waals surface area contributed by atoms with Crippen LogP contribution in [0, 0.1) is 0 Å². The summed E-state index contributed by atoms with van der Waals surface area (Å²) in [6.07, 6.45) is 0. The lowest BCUT2D eigenvalue weighted by Gasteiger charge is -2.09. The summed E-state index contributed by atoms with van der Waals surface area (Å²) >= 11 is 1.33. The number of hydrogen-bond acceptors (Lipinski definition) is 6. The molecule has 0 spiro atoms. The number of aromatic nitrogens is 5. The van der Waals surface area contributed by atoms with Crippen LogP contribution in [-0.2, 0) is 7.05 Å². The first-order valence-electron chi connectivity index (χ1n) is 5.87. The van der Waals surface area contributed by atoms with E-state index < -0.39 is 0 Å². The van der Waals surface area contributed by atoms with Crippen LogP contribution in [0.15, 0.2) is 21.0 Å². The molecule has 0 amide bonds. The molecule has 7 nitrogen and oxygen atoms in total. The Balaban J connectivity index is 2.36. The van der Waals surface area contributed by atoms with Crippen LogP contribution in [0.5, 0.6) is 0 Å². The standard InChI is InChI=1S/C11H16N6OS/c1-6(2)9-13-7(12-3)5-8(14-9)19-11-16-15-10(18)17(11)4/h5-6H,1-4H3,(H,15,18)(H,12,13,14). The van der Waals surface area contributed by atoms with E-state index in [1.165, 1.54) is 16.3 Å². The van der Waals surface area contributed by atoms with Gasteiger partial charge in [-0.25, -0.2) is 19.9 Å². The maximum Gasteiger partial charge on any atom is 0.343 e. The van der Waals surface area contributed by atoms with Gasteiger partial charge in [-0.3, -0.25) is 4.57 Å². The topological polar surface area (TPSA) is 88.5 Å². The van der Waals surface area contributed by atoms with Gasteiger partial charge in [-0.15, -0.1) is 5.10 Å². The van der Waals surface area contributed by atoms with Crippen molar-refractivity contribution in [2.75, 3.05) is 12.4 Å². The lowest BCUT2D eigenvalue weighted by molar-refractivity contribution is 0.747. The van der Waals surface area contributed by atoms with Crippen LogP contribution in [0.1, 0.15) is 25.6 Å². The van der Waals surface area contributed by atoms with Crippen LogP contribution in [-0.4, -0.2) is 31.8 Å². The van der Waals surface area contributed by atoms with Crippen LogP contribution in [0.2, 0.25) is 0 Å². The predicted octanol–water partition coefficient (Wildman–Crippen LogP) is 1.21. The highest BCUT2D eigenvalue weighted by Crippen LogP contribution is 2.26. The van der Waals surface area contributed by atoms with Crippen LogP contribution in [0.4, 0.5) is 5.82 Å². The fraction of sp³-hybridized carbons (Fsp3) is 0.455. The normalized spacial score (nSPS) is 11.0. The van der Waals surface area contributed by atoms with Gasteiger partial charge in [-0.05, 0) is 11.8 Å². The van der Waals surface area contributed by atoms with Crippen molar-refractivity contribution in [1.82, 2.24) is 24.7 Å². The van der Waals surface area contributed by atoms with Crippen molar-refractivity contribution in [3.63, 3.8) is 0 Å². The monoisotopic (exact) mass is 280 g/mol. The van der Waals surface area contributed by atoms with Gasteiger partial charge in [-0.1, -0.05) is 13.8 Å². The Morgan fingerprint density at radius 3 is 2.68 bits per heavy atom. The Bertz CT molecular complexity index is 632. The summed E-state index contributed by atoms with van der Waals surface area (Å²) in [5.74, 6) is 1.74. The van der Waals surface area contributed by atoms with Crippen LogP contribution in [0.25, 0.3) is 0 Å². The van der Waals surface area contributed by atoms with Gasteiger partial charge < -0.3 is 5.32 Å². The van der Waals surface area contributed by atoms with E-state index in [0.29, 0.717) is 5.16 Å². The third-order valence-corrected chi connectivity index (χ3v) is 3.49. The molecule has 0 saturated heterocycles. The lowest BCUT2D eigenvalue weighted by Crippen LogP contribution is -2.13. The summed E-state index contributed by atoms with van der Waals surface area (Å²) in [5, 5.41) is 10.7. The first-order valence-corrected chi connectivity index (χ1v) is 6.69. The highest BCUT2D eigenvalue weighted by atomic mass is 32.2. The lowest BCUT2D eigenvalue weighted by atomic mass is 10.2. The summed E-state index contributed by atoms with van der Waals surface area (Å²) in [5.41, 5.74) is -0.241. The third kappa shape index (κ3) is 2.95. The van der Waals surface area contributed by atoms with Crippen LogP contribution < -0.4 is 11.0 Å². The summed E-state index contributed by atoms with van der Waals surface area (Å²) < 4.78 is 1.45. The number of nitrogens with one attached hydrogen (secondary N) is 2. The second kappa shape index (κ2) is 5.43. The number of aromatic amines is 1. The molecule has 2 N–H and O–H groups in total. The Hall–Kier alpha value is -1.83. The van der Waals surface area contributed by atoms with Gasteiger partial charge in [0.05, 0.1) is 0 Å². The number of anilines is 1. The van der Waals surface area contributed by atoms with E-state index in [2.05, 4.69) is 25.5 Å². The number of H-pyrrole nitrogens is 1. The molecule has 0 aliphatic rings. The molecule has 0 aliphatic carbocycles. The molecular formula is C11H16N6OS. The van der Waals surface area contributed by atoms with Gasteiger partial charge in [0.25, 0.3) is 0 Å². The molecule has 19 heavy (non-hydrogen) atoms. The first kappa shape index (κ1) is 13.6. The number of hydrogen-bond donors (Lipinski definition) is 2. The van der Waals surface area contributed by atoms with Gasteiger partial charge in [-0.2, -0.15) is 0 Å². The highest BCUT2D eigenvalue weighted by Gasteiger charge is 2.12. The highest BCUT2D eigenvalue weighted by molar-refractivity contribution is 7.99. The number of nitrogens with zero attached hydrogens (tertiary/aromatic N) is 4. The molecule has 2 rings (SSSR count). The van der Waals surface area contributed by atoms with Crippen molar-refractivity contribution >= 4 is 17.6 Å². The Morgan fingerprint density at radius 2 is 2.16 bits per heavy atom. The molecule has 0 aliphatic heterocycles. The quantitative estimate of drug-likeness (QED) is 0.819. The van der Waals surface area contributed by atoms with Crippen molar-refractivity contribution in [2.24, 2.45) is 7.05 Å². The van der Waals surface area contributed by atoms with Crippen molar-refractivity contribution in [2.45, 2.75) is 29.9 Å². The SMILES string of the molecule is CNc1cc(Sc2n[nH]c(=O)n2C)nc(C(C)C)n1. The summed E-state index contributed by atoms with van der Waals surface area (Å²) in [4.78, 5) is 20.2. The fourth-order valence-electron chi connectivity index (χ4n) is 1.40. The minimum atomic E-state index is -0.241. The summed E-state index contributed by atoms with van der Waals surface area (Å²) in [7, 11) is 3.48. The average molecular weight is 280 g/mol. The predicted molar refractivity (Wildman–Crippen MR) is 73.6 cm³/mol. The second-order valence-electron chi connectivity index (χ2n) is 4.33. The minimum absolute atomic E-state index is 0.232. The molecule has 0 fully saturated rings. The van der Waals surface area contributed by atoms with E-state index in [1.807, 2.05) is 27.0 Å². The molecule has 2 heterocycles. The summed E-state index contributed by atoms with van der Waals surface area (Å²) in [6.45, 7) is 4.07. The van der Waals surface area contributed by atoms with Gasteiger partial charge >= 0.3 is 5.69 Å². The van der Waals surface area contributed by atoms with Gasteiger partial charge in [0.2, 0.25) is 0 Å². The van der Waals surface area contributed by atoms with Crippen molar-refractivity contribution in [1.29, 1.82) is 0 Å². The zero-order valence-corrected chi connectivity index (χ0v) is 12.1. The largest absolute Gasteiger partial charge is 0.373 e. The van der Waals surface area contributed by atoms with E-state index >= 15 is 0 Å². The van der Waals surface area contributed by atoms with Crippen LogP contribution >= 0.6 is 11.8 Å². The smallest absolute Gasteiger partial charge is 0.343 e. The van der Waals surface area contributed by atoms with Gasteiger partial charge in [0.1, 0.15) is 16.7 Å². The van der Waals surface area contributed by atoms with E-state index in [0.717, 1.165) is 16.7 Å². The molecule has 0 saturated carbocycles. The molecule has 8 heteroatoms. The molecule has 0 unspecified atom stereocenters. The molecule has 0 bridgehead atoms. The zero-order chi connectivity index (χ0) is 14.0. The van der Waals surface area contributed by atoms with Crippen molar-refractivity contribution < 1.29 is 0 Å². The minimum Gasteiger partial charge on any atom is -0.373 e. The molecular weight excluding hydrogens is 264 g/mol. The third-order valence-electron chi connectivity index (χ3n) is 2.53. The van der Waals surface area contributed by atoms with Crippen molar-refractivity contribution in [3.8, 4) is 0 Å². The molecule has 0 atom stereocenters. The zero-order valence-electron chi connectivity index (χ0n) is 11.3. The Kier molecular flexibility index (Phi) is 3.89. The molecule has 2 aromatic heterocycles. The molecule has 0 aromatic carbocycles. The van der Waals surface area contributed by atoms with Crippen molar-refractivity contribution in [3.05, 3.63) is 22.4 Å². The van der Waals surface area contributed by atoms with Gasteiger partial charge in [0, 0.05) is 26.1 Å². The Labute approximate surface area is 114 Å².